The molecule has 0 aliphatic carbocycles. The van der Waals surface area contributed by atoms with E-state index in [0.29, 0.717) is 15.2 Å². The van der Waals surface area contributed by atoms with Gasteiger partial charge < -0.3 is 5.32 Å². The number of pyridine rings is 1. The quantitative estimate of drug-likeness (QED) is 0.624. The Kier molecular flexibility index (Phi) is 5.62. The molecule has 25 heavy (non-hydrogen) atoms. The first-order chi connectivity index (χ1) is 12.0. The minimum absolute atomic E-state index is 0.0476. The standard InChI is InChI=1S/C16H10ClF2N3OS2/c17-11-2-1-5-20-15(11)24-8-14(23)22-16-21-13(7-25-16)10-6-9(18)3-4-12(10)19/h1-7H,8H2,(H,21,22,23). The lowest BCUT2D eigenvalue weighted by Gasteiger charge is -2.03. The molecule has 0 saturated carbocycles. The highest BCUT2D eigenvalue weighted by Gasteiger charge is 2.13. The highest BCUT2D eigenvalue weighted by Crippen LogP contribution is 2.28. The number of benzene rings is 1. The molecule has 1 amide bonds. The Bertz CT molecular complexity index is 920. The van der Waals surface area contributed by atoms with Crippen LogP contribution in [0.5, 0.6) is 0 Å². The Hall–Kier alpha value is -2.03. The lowest BCUT2D eigenvalue weighted by Crippen LogP contribution is -2.14. The number of nitrogens with zero attached hydrogens (tertiary/aromatic N) is 2. The zero-order valence-electron chi connectivity index (χ0n) is 12.5. The third-order valence-corrected chi connectivity index (χ3v) is 5.20. The van der Waals surface area contributed by atoms with E-state index in [9.17, 15) is 13.6 Å². The van der Waals surface area contributed by atoms with Gasteiger partial charge in [-0.3, -0.25) is 4.79 Å². The highest BCUT2D eigenvalue weighted by atomic mass is 35.5. The average molecular weight is 398 g/mol. The molecule has 0 atom stereocenters. The second-order valence-corrected chi connectivity index (χ2v) is 7.02. The molecule has 4 nitrogen and oxygen atoms in total. The van der Waals surface area contributed by atoms with Crippen LogP contribution in [0, 0.1) is 11.6 Å². The van der Waals surface area contributed by atoms with Gasteiger partial charge in [0.2, 0.25) is 5.91 Å². The van der Waals surface area contributed by atoms with Crippen molar-refractivity contribution in [2.75, 3.05) is 11.1 Å². The monoisotopic (exact) mass is 397 g/mol. The number of carbonyl (C=O) groups is 1. The van der Waals surface area contributed by atoms with Crippen LogP contribution in [0.4, 0.5) is 13.9 Å². The third kappa shape index (κ3) is 4.53. The van der Waals surface area contributed by atoms with Crippen molar-refractivity contribution in [2.24, 2.45) is 0 Å². The first-order valence-corrected chi connectivity index (χ1v) is 9.21. The second-order valence-electron chi connectivity index (χ2n) is 4.79. The summed E-state index contributed by atoms with van der Waals surface area (Å²) in [6.07, 6.45) is 1.59. The number of halogens is 3. The third-order valence-electron chi connectivity index (χ3n) is 3.02. The van der Waals surface area contributed by atoms with Crippen molar-refractivity contribution in [1.29, 1.82) is 0 Å². The molecule has 0 radical (unpaired) electrons. The lowest BCUT2D eigenvalue weighted by molar-refractivity contribution is -0.113. The largest absolute Gasteiger partial charge is 0.301 e. The summed E-state index contributed by atoms with van der Waals surface area (Å²) in [5.41, 5.74) is 0.309. The van der Waals surface area contributed by atoms with E-state index in [2.05, 4.69) is 15.3 Å². The van der Waals surface area contributed by atoms with Crippen LogP contribution in [0.1, 0.15) is 0 Å². The summed E-state index contributed by atoms with van der Waals surface area (Å²) in [4.78, 5) is 20.2. The van der Waals surface area contributed by atoms with Gasteiger partial charge in [-0.2, -0.15) is 0 Å². The van der Waals surface area contributed by atoms with Crippen molar-refractivity contribution < 1.29 is 13.6 Å². The molecular formula is C16H10ClF2N3OS2. The number of aromatic nitrogens is 2. The Morgan fingerprint density at radius 3 is 2.96 bits per heavy atom. The van der Waals surface area contributed by atoms with Gasteiger partial charge in [-0.25, -0.2) is 18.7 Å². The van der Waals surface area contributed by atoms with E-state index in [-0.39, 0.29) is 22.9 Å². The van der Waals surface area contributed by atoms with Crippen LogP contribution < -0.4 is 5.32 Å². The minimum Gasteiger partial charge on any atom is -0.301 e. The molecule has 0 unspecified atom stereocenters. The van der Waals surface area contributed by atoms with Gasteiger partial charge in [0.1, 0.15) is 16.7 Å². The molecule has 0 fully saturated rings. The summed E-state index contributed by atoms with van der Waals surface area (Å²) < 4.78 is 27.0. The van der Waals surface area contributed by atoms with E-state index in [0.717, 1.165) is 29.5 Å². The Morgan fingerprint density at radius 1 is 1.32 bits per heavy atom. The fourth-order valence-electron chi connectivity index (χ4n) is 1.92. The van der Waals surface area contributed by atoms with Crippen LogP contribution >= 0.6 is 34.7 Å². The number of thiazole rings is 1. The molecule has 0 aliphatic rings. The SMILES string of the molecule is O=C(CSc1ncccc1Cl)Nc1nc(-c2cc(F)ccc2F)cs1. The minimum atomic E-state index is -0.579. The van der Waals surface area contributed by atoms with E-state index in [1.54, 1.807) is 23.7 Å². The summed E-state index contributed by atoms with van der Waals surface area (Å²) in [7, 11) is 0. The van der Waals surface area contributed by atoms with Crippen LogP contribution in [-0.4, -0.2) is 21.6 Å². The van der Waals surface area contributed by atoms with Crippen molar-refractivity contribution in [3.8, 4) is 11.3 Å². The van der Waals surface area contributed by atoms with Gasteiger partial charge in [-0.15, -0.1) is 11.3 Å². The molecule has 128 valence electrons. The molecule has 2 heterocycles. The Labute approximate surface area is 155 Å². The summed E-state index contributed by atoms with van der Waals surface area (Å²) in [6.45, 7) is 0. The van der Waals surface area contributed by atoms with Gasteiger partial charge in [0.05, 0.1) is 16.5 Å². The number of rotatable bonds is 5. The fourth-order valence-corrected chi connectivity index (χ4v) is 3.61. The molecule has 0 spiro atoms. The Morgan fingerprint density at radius 2 is 2.16 bits per heavy atom. The van der Waals surface area contributed by atoms with Gasteiger partial charge in [0.25, 0.3) is 0 Å². The van der Waals surface area contributed by atoms with Crippen molar-refractivity contribution in [2.45, 2.75) is 5.03 Å². The van der Waals surface area contributed by atoms with Crippen molar-refractivity contribution in [3.05, 3.63) is 58.6 Å². The number of hydrogen-bond donors (Lipinski definition) is 1. The highest BCUT2D eigenvalue weighted by molar-refractivity contribution is 8.00. The number of amides is 1. The summed E-state index contributed by atoms with van der Waals surface area (Å²) in [5, 5.41) is 5.50. The van der Waals surface area contributed by atoms with E-state index in [4.69, 9.17) is 11.6 Å². The number of thioether (sulfide) groups is 1. The maximum absolute atomic E-state index is 13.8. The zero-order valence-corrected chi connectivity index (χ0v) is 14.9. The van der Waals surface area contributed by atoms with Crippen molar-refractivity contribution >= 4 is 45.7 Å². The molecule has 3 rings (SSSR count). The van der Waals surface area contributed by atoms with Crippen LogP contribution in [0.25, 0.3) is 11.3 Å². The summed E-state index contributed by atoms with van der Waals surface area (Å²) in [5.74, 6) is -1.34. The smallest absolute Gasteiger partial charge is 0.236 e. The first-order valence-electron chi connectivity index (χ1n) is 6.97. The van der Waals surface area contributed by atoms with Gasteiger partial charge in [0, 0.05) is 17.1 Å². The van der Waals surface area contributed by atoms with Crippen molar-refractivity contribution in [3.63, 3.8) is 0 Å². The number of hydrogen-bond acceptors (Lipinski definition) is 5. The van der Waals surface area contributed by atoms with Crippen LogP contribution in [0.3, 0.4) is 0 Å². The summed E-state index contributed by atoms with van der Waals surface area (Å²) in [6, 6.07) is 6.53. The topological polar surface area (TPSA) is 54.9 Å². The molecule has 2 aromatic heterocycles. The number of nitrogens with one attached hydrogen (secondary N) is 1. The van der Waals surface area contributed by atoms with Crippen LogP contribution in [0.15, 0.2) is 46.9 Å². The zero-order chi connectivity index (χ0) is 17.8. The van der Waals surface area contributed by atoms with Crippen LogP contribution in [-0.2, 0) is 4.79 Å². The van der Waals surface area contributed by atoms with Gasteiger partial charge in [-0.1, -0.05) is 23.4 Å². The normalized spacial score (nSPS) is 10.7. The lowest BCUT2D eigenvalue weighted by atomic mass is 10.1. The van der Waals surface area contributed by atoms with E-state index in [1.165, 1.54) is 11.8 Å². The number of anilines is 1. The van der Waals surface area contributed by atoms with Gasteiger partial charge in [-0.05, 0) is 30.3 Å². The predicted molar refractivity (Wildman–Crippen MR) is 96.1 cm³/mol. The maximum Gasteiger partial charge on any atom is 0.236 e. The molecule has 1 N–H and O–H groups in total. The fraction of sp³-hybridized carbons (Fsp3) is 0.0625. The average Bonchev–Trinajstić information content (AvgIpc) is 3.04. The molecule has 9 heteroatoms. The maximum atomic E-state index is 13.8. The first kappa shape index (κ1) is 17.8. The molecular weight excluding hydrogens is 388 g/mol. The molecule has 1 aromatic carbocycles. The van der Waals surface area contributed by atoms with Gasteiger partial charge >= 0.3 is 0 Å². The molecule has 0 saturated heterocycles. The molecule has 3 aromatic rings. The van der Waals surface area contributed by atoms with Gasteiger partial charge in [0.15, 0.2) is 5.13 Å². The number of carbonyl (C=O) groups excluding carboxylic acids is 1. The Balaban J connectivity index is 1.64. The van der Waals surface area contributed by atoms with E-state index < -0.39 is 11.6 Å². The van der Waals surface area contributed by atoms with Crippen molar-refractivity contribution in [1.82, 2.24) is 9.97 Å². The molecule has 0 bridgehead atoms. The summed E-state index contributed by atoms with van der Waals surface area (Å²) >= 11 is 8.30. The van der Waals surface area contributed by atoms with Crippen LogP contribution in [0.2, 0.25) is 5.02 Å². The second kappa shape index (κ2) is 7.90. The van der Waals surface area contributed by atoms with E-state index in [1.807, 2.05) is 0 Å². The molecule has 0 aliphatic heterocycles. The van der Waals surface area contributed by atoms with E-state index >= 15 is 0 Å². The predicted octanol–water partition coefficient (Wildman–Crippen LogP) is 4.87.